The first-order valence-corrected chi connectivity index (χ1v) is 7.56. The van der Waals surface area contributed by atoms with Gasteiger partial charge >= 0.3 is 0 Å². The number of halogens is 1. The molecule has 0 fully saturated rings. The fourth-order valence-electron chi connectivity index (χ4n) is 2.40. The van der Waals surface area contributed by atoms with Crippen LogP contribution in [0, 0.1) is 0 Å². The number of hydrogen-bond acceptors (Lipinski definition) is 3. The number of nitrogens with two attached hydrogens (primary N) is 1. The molecule has 2 N–H and O–H groups in total. The molecule has 0 bridgehead atoms. The summed E-state index contributed by atoms with van der Waals surface area (Å²) in [6.45, 7) is 0.559. The van der Waals surface area contributed by atoms with Crippen molar-refractivity contribution in [1.82, 2.24) is 4.98 Å². The van der Waals surface area contributed by atoms with Gasteiger partial charge in [-0.2, -0.15) is 0 Å². The third-order valence-corrected chi connectivity index (χ3v) is 4.30. The summed E-state index contributed by atoms with van der Waals surface area (Å²) < 4.78 is 1.08. The lowest BCUT2D eigenvalue weighted by Crippen LogP contribution is -2.11. The van der Waals surface area contributed by atoms with E-state index in [0.29, 0.717) is 6.54 Å². The average molecular weight is 342 g/mol. The van der Waals surface area contributed by atoms with E-state index in [1.807, 2.05) is 43.6 Å². The minimum absolute atomic E-state index is 0.559. The molecule has 0 aliphatic heterocycles. The van der Waals surface area contributed by atoms with Crippen molar-refractivity contribution in [1.29, 1.82) is 0 Å². The van der Waals surface area contributed by atoms with E-state index in [1.165, 1.54) is 0 Å². The first-order chi connectivity index (χ1) is 10.2. The fraction of sp³-hybridized carbons (Fsp3) is 0.118. The summed E-state index contributed by atoms with van der Waals surface area (Å²) in [5, 5.41) is 2.28. The van der Waals surface area contributed by atoms with E-state index in [2.05, 4.69) is 44.0 Å². The van der Waals surface area contributed by atoms with E-state index in [0.717, 1.165) is 32.3 Å². The zero-order chi connectivity index (χ0) is 14.8. The van der Waals surface area contributed by atoms with Gasteiger partial charge in [0.05, 0.1) is 0 Å². The van der Waals surface area contributed by atoms with Crippen LogP contribution in [0.2, 0.25) is 0 Å². The first-order valence-electron chi connectivity index (χ1n) is 6.76. The minimum Gasteiger partial charge on any atom is -0.329 e. The maximum atomic E-state index is 5.65. The van der Waals surface area contributed by atoms with Crippen molar-refractivity contribution in [3.63, 3.8) is 0 Å². The molecule has 3 rings (SSSR count). The van der Waals surface area contributed by atoms with Crippen LogP contribution in [0.3, 0.4) is 0 Å². The fourth-order valence-corrected chi connectivity index (χ4v) is 2.90. The standard InChI is InChI=1S/C17H16BrN3/c1-21(13-7-5-12(11-19)6-8-13)17-15-3-2-4-16(18)14(15)9-10-20-17/h2-10H,11,19H2,1H3. The first kappa shape index (κ1) is 14.0. The summed E-state index contributed by atoms with van der Waals surface area (Å²) in [7, 11) is 2.03. The van der Waals surface area contributed by atoms with Crippen molar-refractivity contribution < 1.29 is 0 Å². The highest BCUT2D eigenvalue weighted by atomic mass is 79.9. The molecule has 0 saturated heterocycles. The molecular weight excluding hydrogens is 326 g/mol. The highest BCUT2D eigenvalue weighted by Gasteiger charge is 2.10. The Morgan fingerprint density at radius 1 is 1.05 bits per heavy atom. The van der Waals surface area contributed by atoms with Crippen LogP contribution in [0.25, 0.3) is 10.8 Å². The lowest BCUT2D eigenvalue weighted by atomic mass is 10.1. The molecule has 21 heavy (non-hydrogen) atoms. The summed E-state index contributed by atoms with van der Waals surface area (Å²) in [5.74, 6) is 0.939. The smallest absolute Gasteiger partial charge is 0.140 e. The number of rotatable bonds is 3. The van der Waals surface area contributed by atoms with E-state index in [9.17, 15) is 0 Å². The molecule has 0 aliphatic rings. The van der Waals surface area contributed by atoms with Crippen LogP contribution >= 0.6 is 15.9 Å². The molecule has 0 amide bonds. The summed E-state index contributed by atoms with van der Waals surface area (Å²) in [4.78, 5) is 6.64. The average Bonchev–Trinajstić information content (AvgIpc) is 2.54. The van der Waals surface area contributed by atoms with Gasteiger partial charge in [0, 0.05) is 40.7 Å². The molecular formula is C17H16BrN3. The summed E-state index contributed by atoms with van der Waals surface area (Å²) in [6.07, 6.45) is 1.84. The van der Waals surface area contributed by atoms with Gasteiger partial charge in [-0.25, -0.2) is 4.98 Å². The van der Waals surface area contributed by atoms with Gasteiger partial charge in [-0.15, -0.1) is 0 Å². The molecule has 1 heterocycles. The van der Waals surface area contributed by atoms with Gasteiger partial charge in [0.1, 0.15) is 5.82 Å². The third-order valence-electron chi connectivity index (χ3n) is 3.61. The van der Waals surface area contributed by atoms with Crippen molar-refractivity contribution >= 4 is 38.2 Å². The second-order valence-corrected chi connectivity index (χ2v) is 5.75. The number of hydrogen-bond donors (Lipinski definition) is 1. The van der Waals surface area contributed by atoms with Gasteiger partial charge in [0.25, 0.3) is 0 Å². The minimum atomic E-state index is 0.559. The Labute approximate surface area is 132 Å². The van der Waals surface area contributed by atoms with Gasteiger partial charge in [-0.3, -0.25) is 0 Å². The van der Waals surface area contributed by atoms with Crippen LogP contribution in [0.5, 0.6) is 0 Å². The van der Waals surface area contributed by atoms with Crippen molar-refractivity contribution in [2.45, 2.75) is 6.54 Å². The van der Waals surface area contributed by atoms with Gasteiger partial charge < -0.3 is 10.6 Å². The number of anilines is 2. The molecule has 106 valence electrons. The largest absolute Gasteiger partial charge is 0.329 e. The van der Waals surface area contributed by atoms with Gasteiger partial charge in [-0.05, 0) is 29.8 Å². The van der Waals surface area contributed by atoms with E-state index in [4.69, 9.17) is 5.73 Å². The van der Waals surface area contributed by atoms with Crippen LogP contribution < -0.4 is 10.6 Å². The monoisotopic (exact) mass is 341 g/mol. The van der Waals surface area contributed by atoms with Gasteiger partial charge in [-0.1, -0.05) is 40.2 Å². The molecule has 3 aromatic rings. The zero-order valence-electron chi connectivity index (χ0n) is 11.8. The molecule has 0 spiro atoms. The Kier molecular flexibility index (Phi) is 3.90. The third kappa shape index (κ3) is 2.64. The topological polar surface area (TPSA) is 42.1 Å². The van der Waals surface area contributed by atoms with Crippen molar-refractivity contribution in [2.75, 3.05) is 11.9 Å². The number of benzene rings is 2. The Bertz CT molecular complexity index is 769. The summed E-state index contributed by atoms with van der Waals surface area (Å²) >= 11 is 3.60. The molecule has 0 unspecified atom stereocenters. The highest BCUT2D eigenvalue weighted by Crippen LogP contribution is 2.32. The Hall–Kier alpha value is -1.91. The quantitative estimate of drug-likeness (QED) is 0.775. The predicted octanol–water partition coefficient (Wildman–Crippen LogP) is 4.22. The van der Waals surface area contributed by atoms with E-state index < -0.39 is 0 Å². The highest BCUT2D eigenvalue weighted by molar-refractivity contribution is 9.10. The van der Waals surface area contributed by atoms with Crippen LogP contribution in [-0.2, 0) is 6.54 Å². The number of aromatic nitrogens is 1. The number of fused-ring (bicyclic) bond motifs is 1. The van der Waals surface area contributed by atoms with Crippen LogP contribution in [-0.4, -0.2) is 12.0 Å². The molecule has 2 aromatic carbocycles. The van der Waals surface area contributed by atoms with Crippen molar-refractivity contribution in [3.8, 4) is 0 Å². The Morgan fingerprint density at radius 2 is 1.81 bits per heavy atom. The lowest BCUT2D eigenvalue weighted by Gasteiger charge is -2.20. The molecule has 4 heteroatoms. The van der Waals surface area contributed by atoms with Gasteiger partial charge in [0.15, 0.2) is 0 Å². The van der Waals surface area contributed by atoms with E-state index in [1.54, 1.807) is 0 Å². The molecule has 1 aromatic heterocycles. The molecule has 0 saturated carbocycles. The maximum absolute atomic E-state index is 5.65. The Morgan fingerprint density at radius 3 is 2.52 bits per heavy atom. The van der Waals surface area contributed by atoms with Crippen LogP contribution in [0.15, 0.2) is 59.2 Å². The van der Waals surface area contributed by atoms with Crippen molar-refractivity contribution in [2.24, 2.45) is 5.73 Å². The SMILES string of the molecule is CN(c1ccc(CN)cc1)c1nccc2c(Br)cccc12. The molecule has 0 aliphatic carbocycles. The normalized spacial score (nSPS) is 10.8. The maximum Gasteiger partial charge on any atom is 0.140 e. The zero-order valence-corrected chi connectivity index (χ0v) is 13.3. The predicted molar refractivity (Wildman–Crippen MR) is 91.8 cm³/mol. The van der Waals surface area contributed by atoms with Crippen molar-refractivity contribution in [3.05, 3.63) is 64.8 Å². The summed E-state index contributed by atoms with van der Waals surface area (Å²) in [6, 6.07) is 16.4. The van der Waals surface area contributed by atoms with Crippen LogP contribution in [0.4, 0.5) is 11.5 Å². The molecule has 3 nitrogen and oxygen atoms in total. The molecule has 0 radical (unpaired) electrons. The molecule has 0 atom stereocenters. The summed E-state index contributed by atoms with van der Waals surface area (Å²) in [5.41, 5.74) is 7.86. The van der Waals surface area contributed by atoms with E-state index in [-0.39, 0.29) is 0 Å². The number of nitrogens with zero attached hydrogens (tertiary/aromatic N) is 2. The second kappa shape index (κ2) is 5.84. The second-order valence-electron chi connectivity index (χ2n) is 4.90. The lowest BCUT2D eigenvalue weighted by molar-refractivity contribution is 1.07. The van der Waals surface area contributed by atoms with Crippen LogP contribution in [0.1, 0.15) is 5.56 Å². The number of pyridine rings is 1. The van der Waals surface area contributed by atoms with E-state index >= 15 is 0 Å². The Balaban J connectivity index is 2.08. The van der Waals surface area contributed by atoms with Gasteiger partial charge in [0.2, 0.25) is 0 Å².